The summed E-state index contributed by atoms with van der Waals surface area (Å²) in [6.45, 7) is 4.07. The molecule has 0 atom stereocenters. The molecule has 2 aromatic rings. The fourth-order valence-electron chi connectivity index (χ4n) is 2.61. The zero-order valence-electron chi connectivity index (χ0n) is 15.0. The molecule has 146 valence electrons. The molecule has 1 saturated heterocycles. The predicted octanol–water partition coefficient (Wildman–Crippen LogP) is 7.00. The van der Waals surface area contributed by atoms with E-state index in [1.54, 1.807) is 6.08 Å². The first-order valence-corrected chi connectivity index (χ1v) is 11.6. The number of rotatable bonds is 5. The van der Waals surface area contributed by atoms with Crippen molar-refractivity contribution >= 4 is 76.8 Å². The number of thioether (sulfide) groups is 1. The van der Waals surface area contributed by atoms with Crippen LogP contribution >= 0.6 is 59.6 Å². The molecule has 0 radical (unpaired) electrons. The fraction of sp³-hybridized carbons (Fsp3) is 0.200. The summed E-state index contributed by atoms with van der Waals surface area (Å²) in [6.07, 6.45) is 1.72. The molecule has 28 heavy (non-hydrogen) atoms. The van der Waals surface area contributed by atoms with Crippen molar-refractivity contribution in [1.82, 2.24) is 4.90 Å². The van der Waals surface area contributed by atoms with Crippen LogP contribution < -0.4 is 4.74 Å². The number of carbonyl (C=O) groups is 2. The van der Waals surface area contributed by atoms with Gasteiger partial charge in [0.2, 0.25) is 0 Å². The maximum Gasteiger partial charge on any atom is 0.293 e. The number of hydrogen-bond acceptors (Lipinski definition) is 4. The molecule has 2 amide bonds. The molecule has 1 aliphatic rings. The van der Waals surface area contributed by atoms with Gasteiger partial charge in [-0.3, -0.25) is 14.5 Å². The Labute approximate surface area is 193 Å². The Morgan fingerprint density at radius 1 is 1.07 bits per heavy atom. The summed E-state index contributed by atoms with van der Waals surface area (Å²) in [4.78, 5) is 26.2. The Morgan fingerprint density at radius 2 is 1.68 bits per heavy atom. The van der Waals surface area contributed by atoms with E-state index in [9.17, 15) is 9.59 Å². The van der Waals surface area contributed by atoms with Gasteiger partial charge in [0.05, 0.1) is 13.9 Å². The number of hydrogen-bond donors (Lipinski definition) is 0. The molecule has 1 fully saturated rings. The fourth-order valence-corrected chi connectivity index (χ4v) is 5.29. The average Bonchev–Trinajstić information content (AvgIpc) is 2.89. The van der Waals surface area contributed by atoms with Crippen molar-refractivity contribution in [3.05, 3.63) is 65.8 Å². The lowest BCUT2D eigenvalue weighted by atomic mass is 10.2. The number of benzene rings is 2. The van der Waals surface area contributed by atoms with E-state index in [-0.39, 0.29) is 17.2 Å². The monoisotopic (exact) mass is 587 g/mol. The summed E-state index contributed by atoms with van der Waals surface area (Å²) in [5.41, 5.74) is 1.84. The lowest BCUT2D eigenvalue weighted by Gasteiger charge is -2.16. The van der Waals surface area contributed by atoms with Gasteiger partial charge >= 0.3 is 0 Å². The third kappa shape index (κ3) is 4.90. The second-order valence-corrected chi connectivity index (χ2v) is 9.99. The SMILES string of the molecule is CC(C)N1C(=O)S/C(=C/c2cc(Br)c(OCc3ccc(Br)cc3)c(Br)c2)C1=O. The second-order valence-electron chi connectivity index (χ2n) is 6.37. The molecule has 0 bridgehead atoms. The van der Waals surface area contributed by atoms with Gasteiger partial charge in [-0.2, -0.15) is 0 Å². The molecule has 2 aromatic carbocycles. The molecule has 8 heteroatoms. The van der Waals surface area contributed by atoms with E-state index in [2.05, 4.69) is 47.8 Å². The van der Waals surface area contributed by atoms with Crippen LogP contribution in [0.15, 0.2) is 54.7 Å². The number of amides is 2. The van der Waals surface area contributed by atoms with E-state index in [4.69, 9.17) is 4.74 Å². The van der Waals surface area contributed by atoms with Gasteiger partial charge < -0.3 is 4.74 Å². The van der Waals surface area contributed by atoms with Crippen LogP contribution in [-0.4, -0.2) is 22.1 Å². The van der Waals surface area contributed by atoms with Gasteiger partial charge in [0.25, 0.3) is 11.1 Å². The molecular formula is C20H16Br3NO3S. The molecule has 0 spiro atoms. The average molecular weight is 590 g/mol. The van der Waals surface area contributed by atoms with Crippen LogP contribution in [0.2, 0.25) is 0 Å². The Balaban J connectivity index is 1.79. The summed E-state index contributed by atoms with van der Waals surface area (Å²) in [7, 11) is 0. The first-order chi connectivity index (χ1) is 13.3. The van der Waals surface area contributed by atoms with Crippen molar-refractivity contribution in [2.24, 2.45) is 0 Å². The van der Waals surface area contributed by atoms with Gasteiger partial charge in [-0.05, 0) is 98.9 Å². The lowest BCUT2D eigenvalue weighted by molar-refractivity contribution is -0.123. The highest BCUT2D eigenvalue weighted by Gasteiger charge is 2.36. The summed E-state index contributed by atoms with van der Waals surface area (Å²) >= 11 is 11.4. The van der Waals surface area contributed by atoms with Crippen LogP contribution in [0.25, 0.3) is 6.08 Å². The Kier molecular flexibility index (Phi) is 7.07. The third-order valence-corrected chi connectivity index (χ3v) is 6.55. The van der Waals surface area contributed by atoms with Crippen molar-refractivity contribution in [3.63, 3.8) is 0 Å². The second kappa shape index (κ2) is 9.15. The van der Waals surface area contributed by atoms with Crippen molar-refractivity contribution in [2.45, 2.75) is 26.5 Å². The van der Waals surface area contributed by atoms with Gasteiger partial charge in [-0.15, -0.1) is 0 Å². The number of imide groups is 1. The quantitative estimate of drug-likeness (QED) is 0.352. The Morgan fingerprint density at radius 3 is 2.21 bits per heavy atom. The zero-order chi connectivity index (χ0) is 20.4. The van der Waals surface area contributed by atoms with E-state index >= 15 is 0 Å². The largest absolute Gasteiger partial charge is 0.487 e. The minimum Gasteiger partial charge on any atom is -0.487 e. The van der Waals surface area contributed by atoms with E-state index in [1.807, 2.05) is 50.2 Å². The minimum atomic E-state index is -0.257. The smallest absolute Gasteiger partial charge is 0.293 e. The van der Waals surface area contributed by atoms with Crippen LogP contribution in [0, 0.1) is 0 Å². The van der Waals surface area contributed by atoms with Crippen molar-refractivity contribution in [3.8, 4) is 5.75 Å². The van der Waals surface area contributed by atoms with Crippen molar-refractivity contribution in [2.75, 3.05) is 0 Å². The standard InChI is InChI=1S/C20H16Br3NO3S/c1-11(2)24-19(25)17(28-20(24)26)9-13-7-15(22)18(16(23)8-13)27-10-12-3-5-14(21)6-4-12/h3-9,11H,10H2,1-2H3/b17-9+. The molecule has 0 aliphatic carbocycles. The summed E-state index contributed by atoms with van der Waals surface area (Å²) in [5, 5.41) is -0.237. The molecule has 0 saturated carbocycles. The highest BCUT2D eigenvalue weighted by molar-refractivity contribution is 9.11. The molecular weight excluding hydrogens is 574 g/mol. The van der Waals surface area contributed by atoms with Gasteiger partial charge in [0, 0.05) is 10.5 Å². The first kappa shape index (κ1) is 21.6. The number of ether oxygens (including phenoxy) is 1. The Hall–Kier alpha value is -1.09. The van der Waals surface area contributed by atoms with Crippen molar-refractivity contribution in [1.29, 1.82) is 0 Å². The molecule has 1 heterocycles. The zero-order valence-corrected chi connectivity index (χ0v) is 20.6. The minimum absolute atomic E-state index is 0.161. The van der Waals surface area contributed by atoms with Gasteiger partial charge in [-0.25, -0.2) is 0 Å². The van der Waals surface area contributed by atoms with E-state index in [0.29, 0.717) is 17.3 Å². The van der Waals surface area contributed by atoms with Crippen LogP contribution in [-0.2, 0) is 11.4 Å². The third-order valence-electron chi connectivity index (χ3n) is 3.95. The predicted molar refractivity (Wildman–Crippen MR) is 123 cm³/mol. The maximum absolute atomic E-state index is 12.4. The van der Waals surface area contributed by atoms with Crippen molar-refractivity contribution < 1.29 is 14.3 Å². The van der Waals surface area contributed by atoms with Gasteiger partial charge in [0.15, 0.2) is 0 Å². The summed E-state index contributed by atoms with van der Waals surface area (Å²) in [5.74, 6) is 0.420. The van der Waals surface area contributed by atoms with E-state index < -0.39 is 0 Å². The van der Waals surface area contributed by atoms with Crippen LogP contribution in [0.1, 0.15) is 25.0 Å². The highest BCUT2D eigenvalue weighted by Crippen LogP contribution is 2.38. The summed E-state index contributed by atoms with van der Waals surface area (Å²) < 4.78 is 8.47. The van der Waals surface area contributed by atoms with E-state index in [0.717, 1.165) is 36.3 Å². The topological polar surface area (TPSA) is 46.6 Å². The number of nitrogens with zero attached hydrogens (tertiary/aromatic N) is 1. The number of carbonyl (C=O) groups excluding carboxylic acids is 2. The molecule has 3 rings (SSSR count). The highest BCUT2D eigenvalue weighted by atomic mass is 79.9. The molecule has 0 unspecified atom stereocenters. The first-order valence-electron chi connectivity index (χ1n) is 8.39. The van der Waals surface area contributed by atoms with Crippen LogP contribution in [0.5, 0.6) is 5.75 Å². The lowest BCUT2D eigenvalue weighted by Crippen LogP contribution is -2.34. The normalized spacial score (nSPS) is 15.8. The summed E-state index contributed by atoms with van der Waals surface area (Å²) in [6, 6.07) is 11.5. The number of halogens is 3. The van der Waals surface area contributed by atoms with E-state index in [1.165, 1.54) is 4.90 Å². The molecule has 0 aromatic heterocycles. The van der Waals surface area contributed by atoms with Gasteiger partial charge in [0.1, 0.15) is 12.4 Å². The molecule has 1 aliphatic heterocycles. The van der Waals surface area contributed by atoms with Gasteiger partial charge in [-0.1, -0.05) is 28.1 Å². The van der Waals surface area contributed by atoms with Crippen LogP contribution in [0.4, 0.5) is 4.79 Å². The maximum atomic E-state index is 12.4. The van der Waals surface area contributed by atoms with Crippen LogP contribution in [0.3, 0.4) is 0 Å². The molecule has 0 N–H and O–H groups in total. The Bertz CT molecular complexity index is 935. The molecule has 4 nitrogen and oxygen atoms in total.